The molecule has 0 aromatic heterocycles. The summed E-state index contributed by atoms with van der Waals surface area (Å²) in [7, 11) is 2.98. The summed E-state index contributed by atoms with van der Waals surface area (Å²) in [6.07, 6.45) is 18.3. The molecule has 10 nitrogen and oxygen atoms in total. The molecule has 0 aromatic rings. The lowest BCUT2D eigenvalue weighted by molar-refractivity contribution is -0.226. The Morgan fingerprint density at radius 1 is 0.541 bits per heavy atom. The predicted octanol–water partition coefficient (Wildman–Crippen LogP) is 13.5. The van der Waals surface area contributed by atoms with Crippen molar-refractivity contribution in [2.24, 2.45) is 106 Å². The Balaban J connectivity index is 0.000000182. The molecule has 0 aliphatic heterocycles. The molecule has 15 atom stereocenters. The second-order valence-corrected chi connectivity index (χ2v) is 30.2. The van der Waals surface area contributed by atoms with Gasteiger partial charge in [0.2, 0.25) is 11.4 Å². The highest BCUT2D eigenvalue weighted by Gasteiger charge is 2.74. The van der Waals surface area contributed by atoms with E-state index in [0.29, 0.717) is 6.42 Å². The fraction of sp³-hybridized carbons (Fsp3) is 0.781. The smallest absolute Gasteiger partial charge is 0.312 e. The highest BCUT2D eigenvalue weighted by Crippen LogP contribution is 2.78. The lowest BCUT2D eigenvalue weighted by Crippen LogP contribution is -2.69. The van der Waals surface area contributed by atoms with Crippen molar-refractivity contribution in [1.82, 2.24) is 0 Å². The first-order chi connectivity index (χ1) is 34.1. The molecule has 0 aromatic carbocycles. The van der Waals surface area contributed by atoms with Crippen LogP contribution in [0, 0.1) is 120 Å². The van der Waals surface area contributed by atoms with E-state index in [1.54, 1.807) is 0 Å². The highest BCUT2D eigenvalue weighted by molar-refractivity contribution is 6.04. The van der Waals surface area contributed by atoms with E-state index in [0.717, 1.165) is 95.5 Å². The third-order valence-electron chi connectivity index (χ3n) is 25.5. The van der Waals surface area contributed by atoms with E-state index in [-0.39, 0.29) is 120 Å². The molecule has 0 radical (unpaired) electrons. The summed E-state index contributed by atoms with van der Waals surface area (Å²) in [5.74, 6) is -0.222. The van der Waals surface area contributed by atoms with Crippen molar-refractivity contribution in [2.45, 2.75) is 193 Å². The number of fused-ring (bicyclic) bond motifs is 14. The molecule has 74 heavy (non-hydrogen) atoms. The van der Waals surface area contributed by atoms with Crippen LogP contribution in [0.4, 0.5) is 0 Å². The van der Waals surface area contributed by atoms with Crippen LogP contribution in [0.15, 0.2) is 35.2 Å². The summed E-state index contributed by atoms with van der Waals surface area (Å²) in [6, 6.07) is 0. The van der Waals surface area contributed by atoms with Gasteiger partial charge in [-0.2, -0.15) is 0 Å². The number of nitrogens with zero attached hydrogens (tertiary/aromatic N) is 2. The number of ether oxygens (including phenoxy) is 2. The number of hydrogen-bond acceptors (Lipinski definition) is 8. The number of methoxy groups -OCH3 is 2. The molecule has 402 valence electrons. The second-order valence-electron chi connectivity index (χ2n) is 30.2. The molecule has 10 rings (SSSR count). The lowest BCUT2D eigenvalue weighted by atomic mass is 9.31. The number of Topliss-reactive ketones (excluding diaryl/α,β-unsaturated/α-hetero) is 3. The van der Waals surface area contributed by atoms with Gasteiger partial charge >= 0.3 is 11.9 Å². The predicted molar refractivity (Wildman–Crippen MR) is 284 cm³/mol. The van der Waals surface area contributed by atoms with Gasteiger partial charge in [0.15, 0.2) is 17.3 Å². The van der Waals surface area contributed by atoms with Crippen molar-refractivity contribution in [3.63, 3.8) is 0 Å². The summed E-state index contributed by atoms with van der Waals surface area (Å²) in [6.45, 7) is 46.3. The number of carbonyl (C=O) groups excluding carboxylic acids is 6. The van der Waals surface area contributed by atoms with Gasteiger partial charge in [-0.15, -0.1) is 0 Å². The molecule has 0 bridgehead atoms. The van der Waals surface area contributed by atoms with Gasteiger partial charge in [-0.1, -0.05) is 115 Å². The molecule has 0 spiro atoms. The Morgan fingerprint density at radius 3 is 1.51 bits per heavy atom. The summed E-state index contributed by atoms with van der Waals surface area (Å²) < 4.78 is 10.8. The summed E-state index contributed by atoms with van der Waals surface area (Å²) >= 11 is 0. The van der Waals surface area contributed by atoms with Crippen molar-refractivity contribution in [3.8, 4) is 0 Å². The molecule has 0 amide bonds. The minimum atomic E-state index is -0.660. The van der Waals surface area contributed by atoms with Crippen LogP contribution >= 0.6 is 0 Å². The van der Waals surface area contributed by atoms with E-state index in [1.807, 2.05) is 45.9 Å². The number of carbonyl (C=O) groups is 6. The Labute approximate surface area is 443 Å². The molecule has 7 saturated carbocycles. The van der Waals surface area contributed by atoms with Gasteiger partial charge in [-0.25, -0.2) is 9.69 Å². The SMILES string of the molecule is [C-]#[N+]C1=C[C@]2(C)C3=CC(=O)[C@@H]4[C@@H]5CC(C)(C)CC[C@]5(C(=O)OC)CC[C@@]4(C)[C@]3(C)CC[C@H]2C(C)(C)C1=O.[C-]#[N+]C1=C[C@]2(C)[C@H]3CC(=O)[C@@H]4[C@@H]5CC(C)(C)CC[C@]5(C(=O)OC)CC[C@@]4(C)[C@]3(C)CC[C@H]2C(C)(C)C1=O. The largest absolute Gasteiger partial charge is 0.469 e. The molecular formula is C64H88N2O8. The quantitative estimate of drug-likeness (QED) is 0.197. The van der Waals surface area contributed by atoms with Crippen LogP contribution in [-0.4, -0.2) is 49.3 Å². The average Bonchev–Trinajstić information content (AvgIpc) is 3.32. The first kappa shape index (κ1) is 54.6. The number of esters is 2. The van der Waals surface area contributed by atoms with E-state index < -0.39 is 32.5 Å². The third-order valence-corrected chi connectivity index (χ3v) is 25.5. The summed E-state index contributed by atoms with van der Waals surface area (Å²) in [4.78, 5) is 89.3. The molecule has 10 heteroatoms. The molecule has 0 N–H and O–H groups in total. The zero-order chi connectivity index (χ0) is 54.8. The minimum Gasteiger partial charge on any atom is -0.469 e. The van der Waals surface area contributed by atoms with Gasteiger partial charge in [0.25, 0.3) is 0 Å². The second kappa shape index (κ2) is 16.7. The zero-order valence-corrected chi connectivity index (χ0v) is 48.0. The number of hydrogen-bond donors (Lipinski definition) is 0. The summed E-state index contributed by atoms with van der Waals surface area (Å²) in [5, 5.41) is 0. The van der Waals surface area contributed by atoms with E-state index >= 15 is 0 Å². The van der Waals surface area contributed by atoms with Gasteiger partial charge in [0.1, 0.15) is 5.78 Å². The first-order valence-corrected chi connectivity index (χ1v) is 28.3. The van der Waals surface area contributed by atoms with Crippen LogP contribution < -0.4 is 0 Å². The van der Waals surface area contributed by atoms with Gasteiger partial charge in [0.05, 0.1) is 38.2 Å². The Morgan fingerprint density at radius 2 is 1.00 bits per heavy atom. The molecular weight excluding hydrogens is 925 g/mol. The van der Waals surface area contributed by atoms with Crippen molar-refractivity contribution in [3.05, 3.63) is 58.0 Å². The maximum Gasteiger partial charge on any atom is 0.312 e. The lowest BCUT2D eigenvalue weighted by Gasteiger charge is -2.71. The van der Waals surface area contributed by atoms with Crippen LogP contribution in [0.3, 0.4) is 0 Å². The van der Waals surface area contributed by atoms with E-state index in [1.165, 1.54) is 14.2 Å². The van der Waals surface area contributed by atoms with Gasteiger partial charge in [-0.3, -0.25) is 19.2 Å². The topological polar surface area (TPSA) is 130 Å². The number of rotatable bonds is 2. The normalized spacial score (nSPS) is 46.7. The highest BCUT2D eigenvalue weighted by atomic mass is 16.5. The maximum absolute atomic E-state index is 14.4. The fourth-order valence-corrected chi connectivity index (χ4v) is 21.0. The standard InChI is InChI=1S/C32H45NO4.C32H43NO4/c2*1-27(2)12-14-32(26(36)37-9)15-13-31(7)24(19(32)17-27)21(34)16-23-29(5)18-20(33-8)25(35)28(3,4)22(29)10-11-30(23,31)6/h18-19,22-24H,10-17H2,1-7,9H3;16,18-19,22,24H,10-15,17H2,1-7,9H3/t19-,22-,23+,24-,29-,30+,31+,32-;19-,22-,24-,29-,30+,31+,32-/m00/s1. The van der Waals surface area contributed by atoms with Crippen molar-refractivity contribution in [1.29, 1.82) is 0 Å². The van der Waals surface area contributed by atoms with Crippen LogP contribution in [0.2, 0.25) is 0 Å². The maximum atomic E-state index is 14.4. The molecule has 0 heterocycles. The monoisotopic (exact) mass is 1010 g/mol. The van der Waals surface area contributed by atoms with Gasteiger partial charge < -0.3 is 19.1 Å². The van der Waals surface area contributed by atoms with E-state index in [2.05, 4.69) is 78.9 Å². The van der Waals surface area contributed by atoms with Crippen LogP contribution in [0.25, 0.3) is 9.69 Å². The Kier molecular flexibility index (Phi) is 12.3. The zero-order valence-electron chi connectivity index (χ0n) is 48.0. The molecule has 10 aliphatic rings. The van der Waals surface area contributed by atoms with Crippen LogP contribution in [-0.2, 0) is 38.2 Å². The van der Waals surface area contributed by atoms with Crippen molar-refractivity contribution >= 4 is 35.1 Å². The van der Waals surface area contributed by atoms with Crippen molar-refractivity contribution < 1.29 is 38.2 Å². The van der Waals surface area contributed by atoms with Gasteiger partial charge in [0, 0.05) is 34.5 Å². The Hall–Kier alpha value is -4.18. The molecule has 10 aliphatic carbocycles. The van der Waals surface area contributed by atoms with Crippen LogP contribution in [0.5, 0.6) is 0 Å². The molecule has 0 saturated heterocycles. The van der Waals surface area contributed by atoms with E-state index in [4.69, 9.17) is 22.6 Å². The minimum absolute atomic E-state index is 0.00280. The van der Waals surface area contributed by atoms with Crippen molar-refractivity contribution in [2.75, 3.05) is 14.2 Å². The first-order valence-electron chi connectivity index (χ1n) is 28.3. The molecule has 0 unspecified atom stereocenters. The molecule has 7 fully saturated rings. The third kappa shape index (κ3) is 6.88. The van der Waals surface area contributed by atoms with Gasteiger partial charge in [-0.05, 0) is 163 Å². The fourth-order valence-electron chi connectivity index (χ4n) is 21.0. The number of ketones is 4. The Bertz CT molecular complexity index is 2710. The van der Waals surface area contributed by atoms with E-state index in [9.17, 15) is 28.8 Å². The van der Waals surface area contributed by atoms with Crippen LogP contribution in [0.1, 0.15) is 193 Å². The summed E-state index contributed by atoms with van der Waals surface area (Å²) in [5.41, 5.74) is -2.60. The number of allylic oxidation sites excluding steroid dienone is 6. The average molecular weight is 1010 g/mol.